The standard InChI is InChI=1S/C13H19N3O/c1-11-2-4-12(5-3-11)15-6-8-16(9-7-15)13(17)10-14/h2-5H,6-10,14H2,1H3. The van der Waals surface area contributed by atoms with Crippen molar-refractivity contribution in [3.8, 4) is 0 Å². The Morgan fingerprint density at radius 1 is 1.18 bits per heavy atom. The van der Waals surface area contributed by atoms with E-state index in [4.69, 9.17) is 5.73 Å². The van der Waals surface area contributed by atoms with Crippen LogP contribution in [-0.2, 0) is 4.79 Å². The maximum absolute atomic E-state index is 11.4. The van der Waals surface area contributed by atoms with Gasteiger partial charge in [-0.1, -0.05) is 17.7 Å². The Labute approximate surface area is 102 Å². The first kappa shape index (κ1) is 11.9. The normalized spacial score (nSPS) is 16.1. The number of anilines is 1. The Hall–Kier alpha value is -1.55. The van der Waals surface area contributed by atoms with Crippen LogP contribution in [0.2, 0.25) is 0 Å². The van der Waals surface area contributed by atoms with Gasteiger partial charge in [0, 0.05) is 31.9 Å². The van der Waals surface area contributed by atoms with E-state index in [0.717, 1.165) is 26.2 Å². The highest BCUT2D eigenvalue weighted by Crippen LogP contribution is 2.16. The van der Waals surface area contributed by atoms with Crippen molar-refractivity contribution in [1.29, 1.82) is 0 Å². The molecule has 2 N–H and O–H groups in total. The van der Waals surface area contributed by atoms with Crippen LogP contribution in [-0.4, -0.2) is 43.5 Å². The van der Waals surface area contributed by atoms with E-state index in [1.54, 1.807) is 0 Å². The van der Waals surface area contributed by atoms with E-state index in [1.807, 2.05) is 4.90 Å². The molecule has 2 rings (SSSR count). The maximum Gasteiger partial charge on any atom is 0.236 e. The van der Waals surface area contributed by atoms with Crippen LogP contribution in [0.4, 0.5) is 5.69 Å². The van der Waals surface area contributed by atoms with Crippen molar-refractivity contribution in [3.63, 3.8) is 0 Å². The number of amides is 1. The largest absolute Gasteiger partial charge is 0.368 e. The minimum absolute atomic E-state index is 0.0496. The van der Waals surface area contributed by atoms with Gasteiger partial charge < -0.3 is 15.5 Å². The first-order chi connectivity index (χ1) is 8.20. The Morgan fingerprint density at radius 3 is 2.29 bits per heavy atom. The SMILES string of the molecule is Cc1ccc(N2CCN(C(=O)CN)CC2)cc1. The quantitative estimate of drug-likeness (QED) is 0.814. The highest BCUT2D eigenvalue weighted by atomic mass is 16.2. The third-order valence-electron chi connectivity index (χ3n) is 3.21. The van der Waals surface area contributed by atoms with Gasteiger partial charge in [-0.3, -0.25) is 4.79 Å². The number of aryl methyl sites for hydroxylation is 1. The van der Waals surface area contributed by atoms with Crippen LogP contribution in [0.15, 0.2) is 24.3 Å². The average molecular weight is 233 g/mol. The number of hydrogen-bond acceptors (Lipinski definition) is 3. The molecule has 0 aromatic heterocycles. The van der Waals surface area contributed by atoms with Crippen molar-refractivity contribution in [2.24, 2.45) is 5.73 Å². The summed E-state index contributed by atoms with van der Waals surface area (Å²) in [7, 11) is 0. The third-order valence-corrected chi connectivity index (χ3v) is 3.21. The Bertz CT molecular complexity index is 380. The zero-order chi connectivity index (χ0) is 12.3. The minimum atomic E-state index is 0.0496. The molecule has 0 aliphatic carbocycles. The monoisotopic (exact) mass is 233 g/mol. The number of piperazine rings is 1. The van der Waals surface area contributed by atoms with Gasteiger partial charge in [-0.2, -0.15) is 0 Å². The molecule has 1 aromatic rings. The summed E-state index contributed by atoms with van der Waals surface area (Å²) in [6, 6.07) is 8.50. The Kier molecular flexibility index (Phi) is 3.64. The zero-order valence-electron chi connectivity index (χ0n) is 10.2. The number of hydrogen-bond donors (Lipinski definition) is 1. The molecule has 1 saturated heterocycles. The average Bonchev–Trinajstić information content (AvgIpc) is 2.39. The molecule has 0 saturated carbocycles. The molecule has 0 radical (unpaired) electrons. The van der Waals surface area contributed by atoms with E-state index in [2.05, 4.69) is 36.1 Å². The predicted octanol–water partition coefficient (Wildman–Crippen LogP) is 0.602. The van der Waals surface area contributed by atoms with Gasteiger partial charge in [-0.15, -0.1) is 0 Å². The van der Waals surface area contributed by atoms with Crippen LogP contribution in [0, 0.1) is 6.92 Å². The van der Waals surface area contributed by atoms with Crippen molar-refractivity contribution >= 4 is 11.6 Å². The fourth-order valence-corrected chi connectivity index (χ4v) is 2.10. The molecule has 1 heterocycles. The second-order valence-electron chi connectivity index (χ2n) is 4.41. The molecule has 0 unspecified atom stereocenters. The molecule has 0 bridgehead atoms. The fourth-order valence-electron chi connectivity index (χ4n) is 2.10. The van der Waals surface area contributed by atoms with Gasteiger partial charge in [0.05, 0.1) is 6.54 Å². The van der Waals surface area contributed by atoms with Gasteiger partial charge in [0.1, 0.15) is 0 Å². The first-order valence-electron chi connectivity index (χ1n) is 6.00. The van der Waals surface area contributed by atoms with Crippen molar-refractivity contribution in [2.45, 2.75) is 6.92 Å². The summed E-state index contributed by atoms with van der Waals surface area (Å²) in [6.07, 6.45) is 0. The second-order valence-corrected chi connectivity index (χ2v) is 4.41. The Morgan fingerprint density at radius 2 is 1.76 bits per heavy atom. The lowest BCUT2D eigenvalue weighted by Crippen LogP contribution is -2.50. The maximum atomic E-state index is 11.4. The summed E-state index contributed by atoms with van der Waals surface area (Å²) in [6.45, 7) is 5.50. The second kappa shape index (κ2) is 5.19. The number of nitrogens with zero attached hydrogens (tertiary/aromatic N) is 2. The van der Waals surface area contributed by atoms with Crippen molar-refractivity contribution in [2.75, 3.05) is 37.6 Å². The summed E-state index contributed by atoms with van der Waals surface area (Å²) in [4.78, 5) is 15.6. The predicted molar refractivity (Wildman–Crippen MR) is 69.0 cm³/mol. The van der Waals surface area contributed by atoms with E-state index in [0.29, 0.717) is 0 Å². The van der Waals surface area contributed by atoms with Gasteiger partial charge in [0.25, 0.3) is 0 Å². The summed E-state index contributed by atoms with van der Waals surface area (Å²) in [5, 5.41) is 0. The Balaban J connectivity index is 1.95. The van der Waals surface area contributed by atoms with E-state index < -0.39 is 0 Å². The van der Waals surface area contributed by atoms with Crippen molar-refractivity contribution < 1.29 is 4.79 Å². The number of carbonyl (C=O) groups excluding carboxylic acids is 1. The first-order valence-corrected chi connectivity index (χ1v) is 6.00. The van der Waals surface area contributed by atoms with Crippen LogP contribution in [0.3, 0.4) is 0 Å². The van der Waals surface area contributed by atoms with Gasteiger partial charge in [0.15, 0.2) is 0 Å². The van der Waals surface area contributed by atoms with Crippen LogP contribution in [0.1, 0.15) is 5.56 Å². The van der Waals surface area contributed by atoms with E-state index in [9.17, 15) is 4.79 Å². The van der Waals surface area contributed by atoms with E-state index >= 15 is 0 Å². The highest BCUT2D eigenvalue weighted by Gasteiger charge is 2.19. The van der Waals surface area contributed by atoms with Crippen LogP contribution < -0.4 is 10.6 Å². The van der Waals surface area contributed by atoms with Gasteiger partial charge in [0.2, 0.25) is 5.91 Å². The minimum Gasteiger partial charge on any atom is -0.368 e. The number of nitrogens with two attached hydrogens (primary N) is 1. The lowest BCUT2D eigenvalue weighted by atomic mass is 10.2. The molecule has 4 nitrogen and oxygen atoms in total. The molecule has 4 heteroatoms. The molecule has 1 amide bonds. The van der Waals surface area contributed by atoms with Gasteiger partial charge in [-0.25, -0.2) is 0 Å². The molecule has 0 spiro atoms. The highest BCUT2D eigenvalue weighted by molar-refractivity contribution is 5.78. The van der Waals surface area contributed by atoms with Gasteiger partial charge in [-0.05, 0) is 19.1 Å². The topological polar surface area (TPSA) is 49.6 Å². The summed E-state index contributed by atoms with van der Waals surface area (Å²) in [5.41, 5.74) is 7.86. The number of carbonyl (C=O) groups is 1. The lowest BCUT2D eigenvalue weighted by molar-refractivity contribution is -0.129. The number of benzene rings is 1. The number of rotatable bonds is 2. The van der Waals surface area contributed by atoms with Crippen LogP contribution in [0.25, 0.3) is 0 Å². The molecule has 1 aromatic carbocycles. The fraction of sp³-hybridized carbons (Fsp3) is 0.462. The molecule has 1 fully saturated rings. The molecule has 1 aliphatic rings. The van der Waals surface area contributed by atoms with Crippen LogP contribution >= 0.6 is 0 Å². The van der Waals surface area contributed by atoms with Crippen molar-refractivity contribution in [3.05, 3.63) is 29.8 Å². The third kappa shape index (κ3) is 2.77. The lowest BCUT2D eigenvalue weighted by Gasteiger charge is -2.36. The molecule has 0 atom stereocenters. The van der Waals surface area contributed by atoms with E-state index in [1.165, 1.54) is 11.3 Å². The molecular weight excluding hydrogens is 214 g/mol. The van der Waals surface area contributed by atoms with Gasteiger partial charge >= 0.3 is 0 Å². The molecule has 17 heavy (non-hydrogen) atoms. The summed E-state index contributed by atoms with van der Waals surface area (Å²) in [5.74, 6) is 0.0496. The molecule has 92 valence electrons. The molecular formula is C13H19N3O. The van der Waals surface area contributed by atoms with Crippen molar-refractivity contribution in [1.82, 2.24) is 4.90 Å². The molecule has 1 aliphatic heterocycles. The van der Waals surface area contributed by atoms with E-state index in [-0.39, 0.29) is 12.5 Å². The summed E-state index contributed by atoms with van der Waals surface area (Å²) < 4.78 is 0. The van der Waals surface area contributed by atoms with Crippen LogP contribution in [0.5, 0.6) is 0 Å². The smallest absolute Gasteiger partial charge is 0.236 e. The summed E-state index contributed by atoms with van der Waals surface area (Å²) >= 11 is 0. The zero-order valence-corrected chi connectivity index (χ0v) is 10.2.